The van der Waals surface area contributed by atoms with Crippen molar-refractivity contribution in [3.8, 4) is 23.0 Å². The third-order valence-corrected chi connectivity index (χ3v) is 27.1. The monoisotopic (exact) mass is 1360 g/mol. The fourth-order valence-electron chi connectivity index (χ4n) is 12.1. The fraction of sp³-hybridized carbons (Fsp3) is 0.0769. The maximum absolute atomic E-state index is 12.7. The SMILES string of the molecule is CC1(C)c2c[c-]cc(P(c3ccccc3)c3ccccc3)c2Oc2c(P(c3ccccc3)c3ccccc3)cc(S(=O)(=O)[O-])cc21.CC1(C)c2cccc(P(c3ccccc3)c3ccccc3)c2Oc2c(P(c3ccccc3)c3ccccc3)cccc21.O=S(=O)=O.[Na+].[Na+]. The normalized spacial score (nSPS) is 12.9. The minimum atomic E-state index is -4.78. The molecule has 2 aliphatic heterocycles. The van der Waals surface area contributed by atoms with Crippen molar-refractivity contribution in [2.24, 2.45) is 0 Å². The van der Waals surface area contributed by atoms with Crippen LogP contribution in [-0.2, 0) is 31.6 Å². The van der Waals surface area contributed by atoms with Crippen molar-refractivity contribution >= 4 is 116 Å². The summed E-state index contributed by atoms with van der Waals surface area (Å²) in [4.78, 5) is -0.253. The number of ether oxygens (including phenoxy) is 2. The maximum Gasteiger partial charge on any atom is 1.00 e. The standard InChI is InChI=1S/C39H31O4P2S.C39H32OP2.2Na.O3S/c1-39(2)33-24-15-25-35(44(28-16-7-3-8-17-28)29-18-9-4-10-19-29)37(33)43-38-34(39)26-32(46(40,41)42)27-36(38)45(30-20-11-5-12-21-30)31-22-13-6-14-23-31;1-39(2)33-25-15-27-35(41(29-17-7-3-8-18-29)30-19-9-4-10-20-30)37(33)40-38-34(39)26-16-28-36(38)42(31-21-11-5-12-22-31)32-23-13-6-14-24-32;;;1-4(2)3/h3-14,16-27H,1-2H3,(H,40,41,42);3-28H,1-2H3;;;/q-1;;2*+1;/p-1. The van der Waals surface area contributed by atoms with Crippen LogP contribution in [0.3, 0.4) is 0 Å². The van der Waals surface area contributed by atoms with Crippen molar-refractivity contribution < 1.29 is 94.2 Å². The van der Waals surface area contributed by atoms with Crippen LogP contribution in [0.4, 0.5) is 0 Å². The van der Waals surface area contributed by atoms with Crippen LogP contribution < -0.4 is 132 Å². The van der Waals surface area contributed by atoms with Gasteiger partial charge in [0.15, 0.2) is 0 Å². The summed E-state index contributed by atoms with van der Waals surface area (Å²) in [6, 6.07) is 109. The van der Waals surface area contributed by atoms with Crippen molar-refractivity contribution in [3.63, 3.8) is 0 Å². The molecule has 0 fully saturated rings. The molecule has 94 heavy (non-hydrogen) atoms. The third-order valence-electron chi connectivity index (χ3n) is 16.4. The Morgan fingerprint density at radius 1 is 0.330 bits per heavy atom. The van der Waals surface area contributed by atoms with E-state index in [1.165, 1.54) is 59.6 Å². The van der Waals surface area contributed by atoms with E-state index in [4.69, 9.17) is 22.1 Å². The van der Waals surface area contributed by atoms with Crippen LogP contribution >= 0.6 is 31.7 Å². The first kappa shape index (κ1) is 70.3. The van der Waals surface area contributed by atoms with Gasteiger partial charge in [0.05, 0.1) is 4.90 Å². The molecule has 0 unspecified atom stereocenters. The molecule has 14 rings (SSSR count). The van der Waals surface area contributed by atoms with Crippen molar-refractivity contribution in [2.45, 2.75) is 43.4 Å². The molecule has 0 radical (unpaired) electrons. The van der Waals surface area contributed by atoms with Gasteiger partial charge < -0.3 is 14.0 Å². The van der Waals surface area contributed by atoms with Crippen LogP contribution in [0.5, 0.6) is 23.0 Å². The number of fused-ring (bicyclic) bond motifs is 4. The molecular weight excluding hydrogens is 1300 g/mol. The van der Waals surface area contributed by atoms with Crippen LogP contribution in [0, 0.1) is 6.07 Å². The summed E-state index contributed by atoms with van der Waals surface area (Å²) in [5, 5.41) is 13.9. The van der Waals surface area contributed by atoms with Gasteiger partial charge in [-0.2, -0.15) is 18.2 Å². The van der Waals surface area contributed by atoms with E-state index in [-0.39, 0.29) is 69.4 Å². The topological polar surface area (TPSA) is 127 Å². The molecule has 2 aliphatic rings. The second-order valence-corrected chi connectivity index (χ2v) is 33.4. The quantitative estimate of drug-likeness (QED) is 0.0525. The van der Waals surface area contributed by atoms with Crippen LogP contribution in [-0.4, -0.2) is 25.6 Å². The molecule has 8 nitrogen and oxygen atoms in total. The molecule has 2 heterocycles. The molecule has 0 saturated heterocycles. The van der Waals surface area contributed by atoms with Gasteiger partial charge in [0.2, 0.25) is 0 Å². The smallest absolute Gasteiger partial charge is 0.744 e. The predicted molar refractivity (Wildman–Crippen MR) is 381 cm³/mol. The summed E-state index contributed by atoms with van der Waals surface area (Å²) in [6.45, 7) is 8.83. The predicted octanol–water partition coefficient (Wildman–Crippen LogP) is 6.98. The largest absolute Gasteiger partial charge is 1.00 e. The summed E-state index contributed by atoms with van der Waals surface area (Å²) in [7, 11) is -11.9. The zero-order chi connectivity index (χ0) is 64.0. The first-order chi connectivity index (χ1) is 44.6. The molecule has 16 heteroatoms. The molecule has 0 aliphatic carbocycles. The number of hydrogen-bond donors (Lipinski definition) is 0. The van der Waals surface area contributed by atoms with Gasteiger partial charge in [-0.3, -0.25) is 0 Å². The van der Waals surface area contributed by atoms with Gasteiger partial charge >= 0.3 is 69.7 Å². The summed E-state index contributed by atoms with van der Waals surface area (Å²) < 4.78 is 77.8. The number of para-hydroxylation sites is 2. The van der Waals surface area contributed by atoms with E-state index in [9.17, 15) is 13.0 Å². The molecule has 0 saturated carbocycles. The Bertz CT molecular complexity index is 4510. The molecule has 0 N–H and O–H groups in total. The summed E-state index contributed by atoms with van der Waals surface area (Å²) in [6.07, 6.45) is 0. The third kappa shape index (κ3) is 15.0. The van der Waals surface area contributed by atoms with Gasteiger partial charge in [-0.1, -0.05) is 320 Å². The minimum Gasteiger partial charge on any atom is -0.744 e. The van der Waals surface area contributed by atoms with E-state index in [2.05, 4.69) is 264 Å². The summed E-state index contributed by atoms with van der Waals surface area (Å²) in [5.74, 6) is 3.38. The molecule has 0 atom stereocenters. The van der Waals surface area contributed by atoms with Crippen molar-refractivity contribution in [1.29, 1.82) is 0 Å². The molecule has 0 amide bonds. The van der Waals surface area contributed by atoms with Crippen molar-refractivity contribution in [3.05, 3.63) is 332 Å². The van der Waals surface area contributed by atoms with Crippen molar-refractivity contribution in [2.75, 3.05) is 0 Å². The van der Waals surface area contributed by atoms with Gasteiger partial charge in [-0.05, 0) is 89.3 Å². The average Bonchev–Trinajstić information content (AvgIpc) is 0.728. The molecule has 0 spiro atoms. The second-order valence-electron chi connectivity index (χ2n) is 22.8. The van der Waals surface area contributed by atoms with Gasteiger partial charge in [0.25, 0.3) is 0 Å². The van der Waals surface area contributed by atoms with Crippen molar-refractivity contribution in [1.82, 2.24) is 0 Å². The van der Waals surface area contributed by atoms with E-state index >= 15 is 0 Å². The van der Waals surface area contributed by atoms with Crippen LogP contribution in [0.2, 0.25) is 0 Å². The van der Waals surface area contributed by atoms with E-state index in [1.54, 1.807) is 6.07 Å². The number of hydrogen-bond acceptors (Lipinski definition) is 8. The van der Waals surface area contributed by atoms with Gasteiger partial charge in [-0.25, -0.2) is 8.42 Å². The first-order valence-electron chi connectivity index (χ1n) is 29.8. The average molecular weight is 1360 g/mol. The van der Waals surface area contributed by atoms with Gasteiger partial charge in [0, 0.05) is 38.2 Å². The molecule has 0 aromatic heterocycles. The van der Waals surface area contributed by atoms with Gasteiger partial charge in [0.1, 0.15) is 27.4 Å². The first-order valence-corrected chi connectivity index (χ1v) is 37.6. The Morgan fingerprint density at radius 2 is 0.585 bits per heavy atom. The molecular formula is C78H62Na2O8P4S2. The molecule has 12 aromatic rings. The van der Waals surface area contributed by atoms with Crippen LogP contribution in [0.15, 0.2) is 308 Å². The Morgan fingerprint density at radius 3 is 0.883 bits per heavy atom. The Hall–Kier alpha value is -6.51. The Kier molecular flexibility index (Phi) is 23.3. The van der Waals surface area contributed by atoms with E-state index in [0.29, 0.717) is 16.6 Å². The van der Waals surface area contributed by atoms with E-state index < -0.39 is 57.8 Å². The second kappa shape index (κ2) is 31.1. The van der Waals surface area contributed by atoms with Gasteiger partial charge in [-0.15, -0.1) is 18.2 Å². The number of rotatable bonds is 13. The zero-order valence-corrected chi connectivity index (χ0v) is 61.9. The Labute approximate surface area is 602 Å². The number of benzene rings is 12. The minimum absolute atomic E-state index is 0. The Balaban J connectivity index is 0.000000191. The molecule has 0 bridgehead atoms. The fourth-order valence-corrected chi connectivity index (χ4v) is 22.3. The van der Waals surface area contributed by atoms with E-state index in [1.807, 2.05) is 60.7 Å². The molecule has 456 valence electrons. The van der Waals surface area contributed by atoms with Crippen LogP contribution in [0.25, 0.3) is 0 Å². The maximum atomic E-state index is 12.7. The summed E-state index contributed by atoms with van der Waals surface area (Å²) >= 11 is 0. The van der Waals surface area contributed by atoms with Crippen LogP contribution in [0.1, 0.15) is 49.9 Å². The molecule has 12 aromatic carbocycles. The summed E-state index contributed by atoms with van der Waals surface area (Å²) in [5.41, 5.74) is 3.12. The van der Waals surface area contributed by atoms with E-state index in [0.717, 1.165) is 38.7 Å². The zero-order valence-electron chi connectivity index (χ0n) is 52.7.